The van der Waals surface area contributed by atoms with E-state index in [-0.39, 0.29) is 0 Å². The molecule has 22 heavy (non-hydrogen) atoms. The highest BCUT2D eigenvalue weighted by Crippen LogP contribution is 2.29. The van der Waals surface area contributed by atoms with Gasteiger partial charge in [-0.25, -0.2) is 4.52 Å². The van der Waals surface area contributed by atoms with Crippen LogP contribution in [0.5, 0.6) is 5.75 Å². The first-order valence-electron chi connectivity index (χ1n) is 6.67. The smallest absolute Gasteiger partial charge is 0.142 e. The van der Waals surface area contributed by atoms with Crippen molar-refractivity contribution in [1.82, 2.24) is 9.61 Å². The molecule has 0 aliphatic heterocycles. The van der Waals surface area contributed by atoms with Crippen molar-refractivity contribution in [1.29, 1.82) is 0 Å². The molecule has 3 rings (SSSR count). The molecule has 5 heteroatoms. The van der Waals surface area contributed by atoms with Gasteiger partial charge in [0, 0.05) is 21.8 Å². The summed E-state index contributed by atoms with van der Waals surface area (Å²) in [6.45, 7) is 0. The maximum atomic E-state index is 10.7. The number of halogens is 1. The number of carbonyl (C=O) groups is 1. The summed E-state index contributed by atoms with van der Waals surface area (Å²) in [5, 5.41) is 4.62. The van der Waals surface area contributed by atoms with E-state index in [0.717, 1.165) is 38.8 Å². The van der Waals surface area contributed by atoms with Crippen molar-refractivity contribution in [2.24, 2.45) is 0 Å². The normalized spacial score (nSPS) is 11.2. The molecule has 110 valence electrons. The van der Waals surface area contributed by atoms with Crippen LogP contribution in [0, 0.1) is 0 Å². The van der Waals surface area contributed by atoms with Gasteiger partial charge in [-0.15, -0.1) is 0 Å². The molecule has 0 saturated carbocycles. The molecular weight excluding hydrogens is 344 g/mol. The summed E-state index contributed by atoms with van der Waals surface area (Å²) in [7, 11) is 1.63. The summed E-state index contributed by atoms with van der Waals surface area (Å²) >= 11 is 3.47. The Morgan fingerprint density at radius 3 is 2.68 bits per heavy atom. The summed E-state index contributed by atoms with van der Waals surface area (Å²) in [4.78, 5) is 10.7. The van der Waals surface area contributed by atoms with E-state index in [1.54, 1.807) is 17.7 Å². The Morgan fingerprint density at radius 2 is 2.00 bits per heavy atom. The van der Waals surface area contributed by atoms with Gasteiger partial charge in [-0.1, -0.05) is 15.9 Å². The summed E-state index contributed by atoms with van der Waals surface area (Å²) in [5.74, 6) is 0.792. The maximum Gasteiger partial charge on any atom is 0.142 e. The third-order valence-electron chi connectivity index (χ3n) is 3.34. The maximum absolute atomic E-state index is 10.7. The predicted octanol–water partition coefficient (Wildman–Crippen LogP) is 3.98. The first-order chi connectivity index (χ1) is 10.7. The number of fused-ring (bicyclic) bond motifs is 1. The van der Waals surface area contributed by atoms with Crippen LogP contribution in [0.25, 0.3) is 22.9 Å². The lowest BCUT2D eigenvalue weighted by atomic mass is 10.1. The van der Waals surface area contributed by atoms with Gasteiger partial charge < -0.3 is 4.74 Å². The van der Waals surface area contributed by atoms with Gasteiger partial charge >= 0.3 is 0 Å². The molecule has 0 aliphatic rings. The summed E-state index contributed by atoms with van der Waals surface area (Å²) in [6, 6.07) is 11.6. The average Bonchev–Trinajstić information content (AvgIpc) is 2.90. The van der Waals surface area contributed by atoms with E-state index in [0.29, 0.717) is 0 Å². The van der Waals surface area contributed by atoms with Gasteiger partial charge in [-0.3, -0.25) is 4.79 Å². The molecule has 2 heterocycles. The third-order valence-corrected chi connectivity index (χ3v) is 3.83. The summed E-state index contributed by atoms with van der Waals surface area (Å²) in [6.07, 6.45) is 5.90. The highest BCUT2D eigenvalue weighted by Gasteiger charge is 2.12. The average molecular weight is 357 g/mol. The topological polar surface area (TPSA) is 43.6 Å². The number of methoxy groups -OCH3 is 1. The Bertz CT molecular complexity index is 851. The Kier molecular flexibility index (Phi) is 4.06. The van der Waals surface area contributed by atoms with Crippen molar-refractivity contribution in [3.05, 3.63) is 58.7 Å². The number of carbonyl (C=O) groups excluding carboxylic acids is 1. The fraction of sp³-hybridized carbons (Fsp3) is 0.0588. The number of hydrogen-bond acceptors (Lipinski definition) is 3. The zero-order valence-electron chi connectivity index (χ0n) is 11.9. The second-order valence-electron chi connectivity index (χ2n) is 4.66. The number of nitrogens with zero attached hydrogens (tertiary/aromatic N) is 2. The van der Waals surface area contributed by atoms with Gasteiger partial charge in [-0.05, 0) is 48.6 Å². The number of ether oxygens (including phenoxy) is 1. The Hall–Kier alpha value is -2.40. The Balaban J connectivity index is 2.22. The molecule has 2 aromatic heterocycles. The van der Waals surface area contributed by atoms with Gasteiger partial charge in [0.25, 0.3) is 0 Å². The zero-order chi connectivity index (χ0) is 15.5. The molecular formula is C17H13BrN2O2. The van der Waals surface area contributed by atoms with Gasteiger partial charge in [0.2, 0.25) is 0 Å². The van der Waals surface area contributed by atoms with Gasteiger partial charge in [0.1, 0.15) is 17.7 Å². The minimum absolute atomic E-state index is 0.763. The molecule has 0 aliphatic carbocycles. The largest absolute Gasteiger partial charge is 0.497 e. The van der Waals surface area contributed by atoms with Crippen molar-refractivity contribution in [3.63, 3.8) is 0 Å². The van der Waals surface area contributed by atoms with E-state index in [1.165, 1.54) is 6.08 Å². The molecule has 0 radical (unpaired) electrons. The van der Waals surface area contributed by atoms with E-state index in [4.69, 9.17) is 4.74 Å². The minimum atomic E-state index is 0.763. The van der Waals surface area contributed by atoms with E-state index in [1.807, 2.05) is 42.6 Å². The van der Waals surface area contributed by atoms with Crippen LogP contribution in [0.2, 0.25) is 0 Å². The van der Waals surface area contributed by atoms with Crippen LogP contribution in [-0.4, -0.2) is 23.0 Å². The van der Waals surface area contributed by atoms with Crippen molar-refractivity contribution in [2.75, 3.05) is 7.11 Å². The van der Waals surface area contributed by atoms with Crippen molar-refractivity contribution >= 4 is 33.8 Å². The minimum Gasteiger partial charge on any atom is -0.497 e. The van der Waals surface area contributed by atoms with E-state index >= 15 is 0 Å². The fourth-order valence-electron chi connectivity index (χ4n) is 2.30. The molecule has 0 spiro atoms. The van der Waals surface area contributed by atoms with Crippen LogP contribution >= 0.6 is 15.9 Å². The number of pyridine rings is 1. The highest BCUT2D eigenvalue weighted by atomic mass is 79.9. The lowest BCUT2D eigenvalue weighted by Crippen LogP contribution is -1.86. The zero-order valence-corrected chi connectivity index (χ0v) is 13.4. The second-order valence-corrected chi connectivity index (χ2v) is 5.58. The molecule has 0 saturated heterocycles. The summed E-state index contributed by atoms with van der Waals surface area (Å²) < 4.78 is 7.94. The number of aldehydes is 1. The third kappa shape index (κ3) is 2.67. The van der Waals surface area contributed by atoms with E-state index < -0.39 is 0 Å². The molecule has 0 N–H and O–H groups in total. The van der Waals surface area contributed by atoms with Crippen LogP contribution < -0.4 is 4.74 Å². The van der Waals surface area contributed by atoms with Crippen LogP contribution in [0.15, 0.2) is 53.1 Å². The fourth-order valence-corrected chi connectivity index (χ4v) is 2.64. The first kappa shape index (κ1) is 14.5. The monoisotopic (exact) mass is 356 g/mol. The number of hydrogen-bond donors (Lipinski definition) is 0. The summed E-state index contributed by atoms with van der Waals surface area (Å²) in [5.41, 5.74) is 3.61. The van der Waals surface area contributed by atoms with Crippen molar-refractivity contribution in [2.45, 2.75) is 0 Å². The number of rotatable bonds is 4. The van der Waals surface area contributed by atoms with E-state index in [9.17, 15) is 4.79 Å². The highest BCUT2D eigenvalue weighted by molar-refractivity contribution is 9.10. The standard InChI is InChI=1S/C17H13BrN2O2/c1-22-14-6-4-12(5-7-14)17-15(3-2-10-21)16-11-13(18)8-9-20(16)19-17/h2-11H,1H3. The Morgan fingerprint density at radius 1 is 1.23 bits per heavy atom. The van der Waals surface area contributed by atoms with Crippen LogP contribution in [-0.2, 0) is 4.79 Å². The van der Waals surface area contributed by atoms with Crippen LogP contribution in [0.4, 0.5) is 0 Å². The first-order valence-corrected chi connectivity index (χ1v) is 7.46. The lowest BCUT2D eigenvalue weighted by Gasteiger charge is -2.02. The van der Waals surface area contributed by atoms with Crippen molar-refractivity contribution in [3.8, 4) is 17.0 Å². The Labute approximate surface area is 136 Å². The number of aromatic nitrogens is 2. The van der Waals surface area contributed by atoms with Gasteiger partial charge in [0.15, 0.2) is 0 Å². The van der Waals surface area contributed by atoms with Crippen molar-refractivity contribution < 1.29 is 9.53 Å². The molecule has 4 nitrogen and oxygen atoms in total. The number of allylic oxidation sites excluding steroid dienone is 1. The molecule has 1 aromatic carbocycles. The lowest BCUT2D eigenvalue weighted by molar-refractivity contribution is -0.104. The molecule has 0 atom stereocenters. The van der Waals surface area contributed by atoms with Gasteiger partial charge in [0.05, 0.1) is 12.6 Å². The molecule has 0 amide bonds. The predicted molar refractivity (Wildman–Crippen MR) is 90.0 cm³/mol. The molecule has 0 unspecified atom stereocenters. The van der Waals surface area contributed by atoms with E-state index in [2.05, 4.69) is 21.0 Å². The molecule has 0 bridgehead atoms. The quantitative estimate of drug-likeness (QED) is 0.524. The van der Waals surface area contributed by atoms with Crippen LogP contribution in [0.3, 0.4) is 0 Å². The van der Waals surface area contributed by atoms with Gasteiger partial charge in [-0.2, -0.15) is 5.10 Å². The molecule has 3 aromatic rings. The second kappa shape index (κ2) is 6.15. The SMILES string of the molecule is COc1ccc(-c2nn3ccc(Br)cc3c2C=CC=O)cc1. The number of benzene rings is 1. The van der Waals surface area contributed by atoms with Crippen LogP contribution in [0.1, 0.15) is 5.56 Å². The molecule has 0 fully saturated rings.